The van der Waals surface area contributed by atoms with E-state index in [0.29, 0.717) is 35.2 Å². The number of morpholine rings is 1. The molecule has 3 rings (SSSR count). The lowest BCUT2D eigenvalue weighted by Gasteiger charge is -2.22. The molecule has 2 aromatic rings. The van der Waals surface area contributed by atoms with Gasteiger partial charge in [-0.25, -0.2) is 9.97 Å². The van der Waals surface area contributed by atoms with Crippen LogP contribution in [0.4, 0.5) is 5.69 Å². The number of halogens is 1. The minimum Gasteiger partial charge on any atom is -0.368 e. The first-order valence-corrected chi connectivity index (χ1v) is 7.31. The van der Waals surface area contributed by atoms with Gasteiger partial charge in [0.1, 0.15) is 6.10 Å². The Balaban J connectivity index is 1.65. The third kappa shape index (κ3) is 3.59. The minimum atomic E-state index is -0.233. The Hall–Kier alpha value is -2.02. The van der Waals surface area contributed by atoms with E-state index in [9.17, 15) is 4.79 Å². The minimum absolute atomic E-state index is 0.144. The van der Waals surface area contributed by atoms with Crippen LogP contribution in [0, 0.1) is 0 Å². The Kier molecular flexibility index (Phi) is 4.62. The summed E-state index contributed by atoms with van der Waals surface area (Å²) in [5.74, 6) is 0.375. The van der Waals surface area contributed by atoms with Crippen molar-refractivity contribution in [1.29, 1.82) is 0 Å². The molecule has 114 valence electrons. The van der Waals surface area contributed by atoms with E-state index in [0.717, 1.165) is 6.54 Å². The normalized spacial score (nSPS) is 18.0. The van der Waals surface area contributed by atoms with Crippen molar-refractivity contribution in [3.05, 3.63) is 53.1 Å². The van der Waals surface area contributed by atoms with Gasteiger partial charge in [-0.1, -0.05) is 11.6 Å². The molecule has 1 unspecified atom stereocenters. The summed E-state index contributed by atoms with van der Waals surface area (Å²) in [6.45, 7) is 2.17. The maximum atomic E-state index is 12.1. The second-order valence-corrected chi connectivity index (χ2v) is 5.29. The van der Waals surface area contributed by atoms with E-state index >= 15 is 0 Å². The summed E-state index contributed by atoms with van der Waals surface area (Å²) in [4.78, 5) is 20.6. The van der Waals surface area contributed by atoms with E-state index in [4.69, 9.17) is 16.3 Å². The molecular weight excluding hydrogens is 304 g/mol. The molecule has 7 heteroatoms. The highest BCUT2D eigenvalue weighted by Crippen LogP contribution is 2.16. The van der Waals surface area contributed by atoms with Crippen molar-refractivity contribution in [2.75, 3.05) is 25.0 Å². The van der Waals surface area contributed by atoms with E-state index in [-0.39, 0.29) is 12.0 Å². The molecule has 2 heterocycles. The molecule has 1 aliphatic heterocycles. The number of anilines is 1. The van der Waals surface area contributed by atoms with Crippen molar-refractivity contribution in [1.82, 2.24) is 15.3 Å². The number of amides is 1. The fourth-order valence-electron chi connectivity index (χ4n) is 2.10. The molecule has 1 saturated heterocycles. The Bertz CT molecular complexity index is 640. The number of nitrogens with one attached hydrogen (secondary N) is 2. The van der Waals surface area contributed by atoms with Gasteiger partial charge in [0.05, 0.1) is 24.7 Å². The average Bonchev–Trinajstić information content (AvgIpc) is 2.57. The van der Waals surface area contributed by atoms with E-state index in [1.54, 1.807) is 36.7 Å². The number of aromatic nitrogens is 2. The molecule has 1 amide bonds. The predicted molar refractivity (Wildman–Crippen MR) is 83.0 cm³/mol. The Morgan fingerprint density at radius 1 is 1.27 bits per heavy atom. The van der Waals surface area contributed by atoms with Crippen molar-refractivity contribution < 1.29 is 9.53 Å². The Morgan fingerprint density at radius 2 is 2.00 bits per heavy atom. The first-order chi connectivity index (χ1) is 10.7. The second-order valence-electron chi connectivity index (χ2n) is 4.85. The van der Waals surface area contributed by atoms with Crippen LogP contribution in [0.1, 0.15) is 22.3 Å². The SMILES string of the molecule is O=C(Nc1cnc(C2CNCCO2)nc1)c1ccc(Cl)cc1. The summed E-state index contributed by atoms with van der Waals surface area (Å²) >= 11 is 5.80. The smallest absolute Gasteiger partial charge is 0.255 e. The summed E-state index contributed by atoms with van der Waals surface area (Å²) in [5, 5.41) is 6.55. The maximum absolute atomic E-state index is 12.1. The highest BCUT2D eigenvalue weighted by molar-refractivity contribution is 6.30. The number of hydrogen-bond acceptors (Lipinski definition) is 5. The molecular formula is C15H15ClN4O2. The van der Waals surface area contributed by atoms with Gasteiger partial charge >= 0.3 is 0 Å². The number of hydrogen-bond donors (Lipinski definition) is 2. The van der Waals surface area contributed by atoms with Gasteiger partial charge in [-0.2, -0.15) is 0 Å². The van der Waals surface area contributed by atoms with E-state index in [1.165, 1.54) is 0 Å². The van der Waals surface area contributed by atoms with Gasteiger partial charge in [-0.05, 0) is 24.3 Å². The third-order valence-corrected chi connectivity index (χ3v) is 3.50. The van der Waals surface area contributed by atoms with Crippen LogP contribution < -0.4 is 10.6 Å². The molecule has 6 nitrogen and oxygen atoms in total. The quantitative estimate of drug-likeness (QED) is 0.905. The van der Waals surface area contributed by atoms with Gasteiger partial charge in [0.2, 0.25) is 0 Å². The van der Waals surface area contributed by atoms with Gasteiger partial charge in [0, 0.05) is 23.7 Å². The van der Waals surface area contributed by atoms with Crippen LogP contribution in [0.15, 0.2) is 36.7 Å². The van der Waals surface area contributed by atoms with Gasteiger partial charge in [-0.15, -0.1) is 0 Å². The molecule has 2 N–H and O–H groups in total. The first-order valence-electron chi connectivity index (χ1n) is 6.93. The van der Waals surface area contributed by atoms with Crippen molar-refractivity contribution in [2.24, 2.45) is 0 Å². The largest absolute Gasteiger partial charge is 0.368 e. The molecule has 1 aliphatic rings. The second kappa shape index (κ2) is 6.83. The lowest BCUT2D eigenvalue weighted by molar-refractivity contribution is 0.0221. The summed E-state index contributed by atoms with van der Waals surface area (Å²) in [6, 6.07) is 6.66. The van der Waals surface area contributed by atoms with Crippen LogP contribution in [0.5, 0.6) is 0 Å². The average molecular weight is 319 g/mol. The fourth-order valence-corrected chi connectivity index (χ4v) is 2.23. The van der Waals surface area contributed by atoms with Crippen LogP contribution >= 0.6 is 11.6 Å². The lowest BCUT2D eigenvalue weighted by atomic mass is 10.2. The molecule has 22 heavy (non-hydrogen) atoms. The van der Waals surface area contributed by atoms with Crippen LogP contribution in [0.2, 0.25) is 5.02 Å². The molecule has 0 spiro atoms. The van der Waals surface area contributed by atoms with Gasteiger partial charge in [0.15, 0.2) is 5.82 Å². The maximum Gasteiger partial charge on any atom is 0.255 e. The predicted octanol–water partition coefficient (Wildman–Crippen LogP) is 2.04. The Labute approximate surface area is 132 Å². The topological polar surface area (TPSA) is 76.1 Å². The molecule has 1 fully saturated rings. The van der Waals surface area contributed by atoms with Crippen LogP contribution in [-0.4, -0.2) is 35.6 Å². The standard InChI is InChI=1S/C15H15ClN4O2/c16-11-3-1-10(2-4-11)15(21)20-12-7-18-14(19-8-12)13-9-17-5-6-22-13/h1-4,7-8,13,17H,5-6,9H2,(H,20,21). The van der Waals surface area contributed by atoms with Gasteiger partial charge in [-0.3, -0.25) is 4.79 Å². The van der Waals surface area contributed by atoms with Crippen LogP contribution in [-0.2, 0) is 4.74 Å². The molecule has 1 aromatic heterocycles. The zero-order valence-electron chi connectivity index (χ0n) is 11.8. The van der Waals surface area contributed by atoms with Crippen LogP contribution in [0.3, 0.4) is 0 Å². The van der Waals surface area contributed by atoms with Gasteiger partial charge in [0.25, 0.3) is 5.91 Å². The summed E-state index contributed by atoms with van der Waals surface area (Å²) in [7, 11) is 0. The zero-order chi connectivity index (χ0) is 15.4. The zero-order valence-corrected chi connectivity index (χ0v) is 12.5. The third-order valence-electron chi connectivity index (χ3n) is 3.25. The number of carbonyl (C=O) groups is 1. The van der Waals surface area contributed by atoms with Crippen LogP contribution in [0.25, 0.3) is 0 Å². The highest BCUT2D eigenvalue weighted by Gasteiger charge is 2.18. The molecule has 0 radical (unpaired) electrons. The molecule has 0 saturated carbocycles. The van der Waals surface area contributed by atoms with Crippen molar-refractivity contribution in [3.8, 4) is 0 Å². The first kappa shape index (κ1) is 14.9. The van der Waals surface area contributed by atoms with E-state index in [1.807, 2.05) is 0 Å². The highest BCUT2D eigenvalue weighted by atomic mass is 35.5. The molecule has 0 bridgehead atoms. The van der Waals surface area contributed by atoms with Gasteiger partial charge < -0.3 is 15.4 Å². The fraction of sp³-hybridized carbons (Fsp3) is 0.267. The van der Waals surface area contributed by atoms with Crippen molar-refractivity contribution >= 4 is 23.2 Å². The molecule has 0 aliphatic carbocycles. The monoisotopic (exact) mass is 318 g/mol. The number of carbonyl (C=O) groups excluding carboxylic acids is 1. The number of nitrogens with zero attached hydrogens (tertiary/aromatic N) is 2. The number of ether oxygens (including phenoxy) is 1. The Morgan fingerprint density at radius 3 is 2.64 bits per heavy atom. The number of benzene rings is 1. The van der Waals surface area contributed by atoms with Crippen molar-refractivity contribution in [2.45, 2.75) is 6.10 Å². The van der Waals surface area contributed by atoms with E-state index < -0.39 is 0 Å². The summed E-state index contributed by atoms with van der Waals surface area (Å²) in [6.07, 6.45) is 3.01. The van der Waals surface area contributed by atoms with Crippen molar-refractivity contribution in [3.63, 3.8) is 0 Å². The summed E-state index contributed by atoms with van der Waals surface area (Å²) < 4.78 is 5.58. The molecule has 1 atom stereocenters. The summed E-state index contributed by atoms with van der Waals surface area (Å²) in [5.41, 5.74) is 1.06. The number of rotatable bonds is 3. The lowest BCUT2D eigenvalue weighted by Crippen LogP contribution is -2.34. The van der Waals surface area contributed by atoms with E-state index in [2.05, 4.69) is 20.6 Å². The molecule has 1 aromatic carbocycles.